The first kappa shape index (κ1) is 9.99. The van der Waals surface area contributed by atoms with Gasteiger partial charge in [0, 0.05) is 43.7 Å². The predicted octanol–water partition coefficient (Wildman–Crippen LogP) is 1.36. The van der Waals surface area contributed by atoms with Crippen molar-refractivity contribution in [3.63, 3.8) is 0 Å². The van der Waals surface area contributed by atoms with Crippen molar-refractivity contribution in [3.05, 3.63) is 17.0 Å². The monoisotopic (exact) mass is 213 g/mol. The molecule has 0 spiro atoms. The lowest BCUT2D eigenvalue weighted by molar-refractivity contribution is 0.604. The maximum atomic E-state index is 4.63. The third-order valence-electron chi connectivity index (χ3n) is 3.11. The van der Waals surface area contributed by atoms with Gasteiger partial charge < -0.3 is 5.32 Å². The highest BCUT2D eigenvalue weighted by atomic mass is 35.5. The summed E-state index contributed by atoms with van der Waals surface area (Å²) in [7, 11) is 2.08. The highest BCUT2D eigenvalue weighted by Gasteiger charge is 2.31. The molecule has 0 unspecified atom stereocenters. The summed E-state index contributed by atoms with van der Waals surface area (Å²) < 4.78 is 2.09. The van der Waals surface area contributed by atoms with E-state index >= 15 is 0 Å². The van der Waals surface area contributed by atoms with E-state index in [4.69, 9.17) is 0 Å². The maximum Gasteiger partial charge on any atom is 0.0703 e. The van der Waals surface area contributed by atoms with Gasteiger partial charge >= 0.3 is 0 Å². The van der Waals surface area contributed by atoms with E-state index in [0.29, 0.717) is 0 Å². The normalized spacial score (nSPS) is 20.1. The maximum absolute atomic E-state index is 4.63. The third kappa shape index (κ3) is 1.44. The minimum Gasteiger partial charge on any atom is -0.312 e. The van der Waals surface area contributed by atoms with Crippen LogP contribution in [0.4, 0.5) is 0 Å². The van der Waals surface area contributed by atoms with E-state index in [2.05, 4.69) is 22.1 Å². The molecule has 14 heavy (non-hydrogen) atoms. The second kappa shape index (κ2) is 3.55. The number of aryl methyl sites for hydroxylation is 1. The van der Waals surface area contributed by atoms with Gasteiger partial charge in [-0.15, -0.1) is 12.4 Å². The number of nitrogens with zero attached hydrogens (tertiary/aromatic N) is 2. The first-order valence-electron chi connectivity index (χ1n) is 5.11. The molecule has 1 aromatic rings. The molecule has 78 valence electrons. The highest BCUT2D eigenvalue weighted by molar-refractivity contribution is 5.85. The molecule has 4 heteroatoms. The minimum absolute atomic E-state index is 0. The fourth-order valence-electron chi connectivity index (χ4n) is 2.24. The summed E-state index contributed by atoms with van der Waals surface area (Å²) in [4.78, 5) is 0. The van der Waals surface area contributed by atoms with Crippen molar-refractivity contribution < 1.29 is 0 Å². The third-order valence-corrected chi connectivity index (χ3v) is 3.11. The van der Waals surface area contributed by atoms with Crippen LogP contribution in [0.3, 0.4) is 0 Å². The Morgan fingerprint density at radius 1 is 1.43 bits per heavy atom. The average molecular weight is 214 g/mol. The summed E-state index contributed by atoms with van der Waals surface area (Å²) in [6.07, 6.45) is 3.85. The van der Waals surface area contributed by atoms with E-state index in [1.165, 1.54) is 29.8 Å². The average Bonchev–Trinajstić information content (AvgIpc) is 2.94. The summed E-state index contributed by atoms with van der Waals surface area (Å²) in [6, 6.07) is 0. The summed E-state index contributed by atoms with van der Waals surface area (Å²) >= 11 is 0. The number of aromatic nitrogens is 2. The van der Waals surface area contributed by atoms with Crippen LogP contribution in [-0.2, 0) is 20.0 Å². The van der Waals surface area contributed by atoms with Crippen LogP contribution in [0.5, 0.6) is 0 Å². The van der Waals surface area contributed by atoms with Crippen LogP contribution in [0.1, 0.15) is 35.7 Å². The summed E-state index contributed by atoms with van der Waals surface area (Å²) in [5.74, 6) is 0.787. The summed E-state index contributed by atoms with van der Waals surface area (Å²) in [5.41, 5.74) is 4.33. The first-order chi connectivity index (χ1) is 6.36. The van der Waals surface area contributed by atoms with Crippen molar-refractivity contribution in [2.75, 3.05) is 6.54 Å². The molecule has 3 nitrogen and oxygen atoms in total. The Kier molecular flexibility index (Phi) is 2.54. The highest BCUT2D eigenvalue weighted by Crippen LogP contribution is 2.41. The van der Waals surface area contributed by atoms with Gasteiger partial charge in [-0.1, -0.05) is 0 Å². The zero-order valence-electron chi connectivity index (χ0n) is 8.42. The lowest BCUT2D eigenvalue weighted by atomic mass is 10.0. The van der Waals surface area contributed by atoms with E-state index < -0.39 is 0 Å². The Labute approximate surface area is 90.3 Å². The Balaban J connectivity index is 0.000000750. The van der Waals surface area contributed by atoms with Crippen molar-refractivity contribution in [2.24, 2.45) is 7.05 Å². The molecule has 2 heterocycles. The van der Waals surface area contributed by atoms with Gasteiger partial charge in [-0.05, 0) is 12.8 Å². The molecular weight excluding hydrogens is 198 g/mol. The second-order valence-electron chi connectivity index (χ2n) is 4.14. The molecule has 1 fully saturated rings. The SMILES string of the molecule is Cl.Cn1nc(C2CC2)c2c1CCNC2. The number of nitrogens with one attached hydrogen (secondary N) is 1. The molecule has 2 aliphatic rings. The minimum atomic E-state index is 0. The molecule has 1 N–H and O–H groups in total. The quantitative estimate of drug-likeness (QED) is 0.764. The van der Waals surface area contributed by atoms with Crippen LogP contribution in [0.15, 0.2) is 0 Å². The summed E-state index contributed by atoms with van der Waals surface area (Å²) in [5, 5.41) is 8.05. The molecule has 0 atom stereocenters. The lowest BCUT2D eigenvalue weighted by Crippen LogP contribution is -2.24. The molecule has 1 aliphatic carbocycles. The molecule has 1 aliphatic heterocycles. The van der Waals surface area contributed by atoms with Crippen molar-refractivity contribution in [1.29, 1.82) is 0 Å². The molecule has 3 rings (SSSR count). The van der Waals surface area contributed by atoms with Gasteiger partial charge in [-0.3, -0.25) is 4.68 Å². The Bertz CT molecular complexity index is 341. The van der Waals surface area contributed by atoms with Gasteiger partial charge in [0.15, 0.2) is 0 Å². The molecule has 0 amide bonds. The van der Waals surface area contributed by atoms with Crippen LogP contribution in [0.25, 0.3) is 0 Å². The molecular formula is C10H16ClN3. The van der Waals surface area contributed by atoms with Crippen LogP contribution in [-0.4, -0.2) is 16.3 Å². The van der Waals surface area contributed by atoms with E-state index in [0.717, 1.165) is 25.4 Å². The van der Waals surface area contributed by atoms with Crippen LogP contribution in [0, 0.1) is 0 Å². The molecule has 0 radical (unpaired) electrons. The Morgan fingerprint density at radius 3 is 2.93 bits per heavy atom. The fourth-order valence-corrected chi connectivity index (χ4v) is 2.24. The summed E-state index contributed by atoms with van der Waals surface area (Å²) in [6.45, 7) is 2.14. The number of rotatable bonds is 1. The number of hydrogen-bond acceptors (Lipinski definition) is 2. The lowest BCUT2D eigenvalue weighted by Gasteiger charge is -2.14. The molecule has 0 aromatic carbocycles. The van der Waals surface area contributed by atoms with Gasteiger partial charge in [0.05, 0.1) is 5.69 Å². The zero-order chi connectivity index (χ0) is 8.84. The molecule has 0 saturated heterocycles. The molecule has 0 bridgehead atoms. The second-order valence-corrected chi connectivity index (χ2v) is 4.14. The largest absolute Gasteiger partial charge is 0.312 e. The standard InChI is InChI=1S/C10H15N3.ClH/c1-13-9-4-5-11-6-8(9)10(12-13)7-2-3-7;/h7,11H,2-6H2,1H3;1H. The van der Waals surface area contributed by atoms with Gasteiger partial charge in [-0.25, -0.2) is 0 Å². The van der Waals surface area contributed by atoms with Gasteiger partial charge in [-0.2, -0.15) is 5.10 Å². The van der Waals surface area contributed by atoms with Crippen LogP contribution in [0.2, 0.25) is 0 Å². The van der Waals surface area contributed by atoms with Crippen molar-refractivity contribution in [1.82, 2.24) is 15.1 Å². The Hall–Kier alpha value is -0.540. The van der Waals surface area contributed by atoms with Gasteiger partial charge in [0.1, 0.15) is 0 Å². The van der Waals surface area contributed by atoms with E-state index in [-0.39, 0.29) is 12.4 Å². The topological polar surface area (TPSA) is 29.9 Å². The van der Waals surface area contributed by atoms with Crippen LogP contribution < -0.4 is 5.32 Å². The van der Waals surface area contributed by atoms with Crippen LogP contribution >= 0.6 is 12.4 Å². The number of hydrogen-bond donors (Lipinski definition) is 1. The number of halogens is 1. The van der Waals surface area contributed by atoms with Crippen molar-refractivity contribution in [3.8, 4) is 0 Å². The molecule has 1 aromatic heterocycles. The van der Waals surface area contributed by atoms with E-state index in [9.17, 15) is 0 Å². The van der Waals surface area contributed by atoms with Crippen molar-refractivity contribution >= 4 is 12.4 Å². The van der Waals surface area contributed by atoms with E-state index in [1.807, 2.05) is 0 Å². The Morgan fingerprint density at radius 2 is 2.21 bits per heavy atom. The molecule has 1 saturated carbocycles. The van der Waals surface area contributed by atoms with Gasteiger partial charge in [0.25, 0.3) is 0 Å². The predicted molar refractivity (Wildman–Crippen MR) is 57.8 cm³/mol. The fraction of sp³-hybridized carbons (Fsp3) is 0.700. The zero-order valence-corrected chi connectivity index (χ0v) is 9.23. The number of fused-ring (bicyclic) bond motifs is 1. The van der Waals surface area contributed by atoms with Gasteiger partial charge in [0.2, 0.25) is 0 Å². The van der Waals surface area contributed by atoms with E-state index in [1.54, 1.807) is 0 Å². The first-order valence-corrected chi connectivity index (χ1v) is 5.11. The van der Waals surface area contributed by atoms with Crippen molar-refractivity contribution in [2.45, 2.75) is 31.7 Å². The smallest absolute Gasteiger partial charge is 0.0703 e.